The van der Waals surface area contributed by atoms with E-state index in [1.54, 1.807) is 23.6 Å². The topological polar surface area (TPSA) is 47.4 Å². The summed E-state index contributed by atoms with van der Waals surface area (Å²) < 4.78 is 60.6. The predicted molar refractivity (Wildman–Crippen MR) is 110 cm³/mol. The van der Waals surface area contributed by atoms with Gasteiger partial charge in [0.1, 0.15) is 36.5 Å². The first-order chi connectivity index (χ1) is 15.3. The van der Waals surface area contributed by atoms with E-state index in [2.05, 4.69) is 5.10 Å². The van der Waals surface area contributed by atoms with E-state index in [1.807, 2.05) is 0 Å². The predicted octanol–water partition coefficient (Wildman–Crippen LogP) is 4.61. The van der Waals surface area contributed by atoms with Crippen molar-refractivity contribution in [2.45, 2.75) is 19.4 Å². The molecule has 1 aliphatic heterocycles. The molecular formula is C23H21F4N3O2. The van der Waals surface area contributed by atoms with Gasteiger partial charge in [0.05, 0.1) is 17.4 Å². The third-order valence-electron chi connectivity index (χ3n) is 5.50. The molecule has 1 amide bonds. The van der Waals surface area contributed by atoms with Gasteiger partial charge in [-0.25, -0.2) is 17.6 Å². The van der Waals surface area contributed by atoms with Crippen molar-refractivity contribution in [1.29, 1.82) is 0 Å². The van der Waals surface area contributed by atoms with Crippen LogP contribution in [0.4, 0.5) is 17.6 Å². The molecule has 0 saturated carbocycles. The average Bonchev–Trinajstić information content (AvgIpc) is 3.08. The molecule has 0 unspecified atom stereocenters. The van der Waals surface area contributed by atoms with Crippen molar-refractivity contribution < 1.29 is 27.1 Å². The molecule has 1 aliphatic rings. The summed E-state index contributed by atoms with van der Waals surface area (Å²) in [6.45, 7) is 1.13. The van der Waals surface area contributed by atoms with Crippen LogP contribution in [0.15, 0.2) is 36.4 Å². The fraction of sp³-hybridized carbons (Fsp3) is 0.304. The van der Waals surface area contributed by atoms with Crippen LogP contribution in [0.2, 0.25) is 0 Å². The Hall–Kier alpha value is -3.36. The van der Waals surface area contributed by atoms with Crippen LogP contribution in [-0.2, 0) is 13.5 Å². The van der Waals surface area contributed by atoms with Crippen LogP contribution in [-0.4, -0.2) is 40.4 Å². The highest BCUT2D eigenvalue weighted by molar-refractivity contribution is 5.95. The zero-order valence-electron chi connectivity index (χ0n) is 17.5. The first-order valence-corrected chi connectivity index (χ1v) is 10.1. The first-order valence-electron chi connectivity index (χ1n) is 10.1. The smallest absolute Gasteiger partial charge is 0.254 e. The molecule has 0 radical (unpaired) electrons. The van der Waals surface area contributed by atoms with Crippen LogP contribution in [0.5, 0.6) is 5.75 Å². The number of aryl methyl sites for hydroxylation is 1. The second-order valence-electron chi connectivity index (χ2n) is 7.63. The molecule has 0 N–H and O–H groups in total. The zero-order valence-corrected chi connectivity index (χ0v) is 17.5. The number of rotatable bonds is 5. The third kappa shape index (κ3) is 4.06. The van der Waals surface area contributed by atoms with Gasteiger partial charge < -0.3 is 9.64 Å². The minimum Gasteiger partial charge on any atom is -0.491 e. The lowest BCUT2D eigenvalue weighted by atomic mass is 9.95. The molecule has 3 aromatic rings. The van der Waals surface area contributed by atoms with E-state index in [4.69, 9.17) is 4.74 Å². The SMILES string of the molecule is C[C@H]1c2nn(C)c(-c3cc(F)cc(F)c3)c2CCN1C(=O)c1cc(F)cc(OCC[18F])c1. The Morgan fingerprint density at radius 1 is 1.09 bits per heavy atom. The normalized spacial score (nSPS) is 15.6. The fourth-order valence-electron chi connectivity index (χ4n) is 4.17. The monoisotopic (exact) mass is 446 g/mol. The number of amides is 1. The molecule has 0 spiro atoms. The standard InChI is InChI=1S/C23H21F4N3O2/c1-13-21-20(22(29(2)28-21)14-7-16(25)11-17(26)8-14)3-5-30(13)23(31)15-9-18(27)12-19(10-15)32-6-4-24/h7-13H,3-6H2,1-2H3/t13-/m0/s1/i24-1. The van der Waals surface area contributed by atoms with Gasteiger partial charge in [0, 0.05) is 42.4 Å². The summed E-state index contributed by atoms with van der Waals surface area (Å²) in [4.78, 5) is 14.7. The van der Waals surface area contributed by atoms with Crippen LogP contribution in [0, 0.1) is 17.5 Å². The van der Waals surface area contributed by atoms with Gasteiger partial charge in [0.15, 0.2) is 0 Å². The summed E-state index contributed by atoms with van der Waals surface area (Å²) in [5.74, 6) is -2.38. The first kappa shape index (κ1) is 21.9. The highest BCUT2D eigenvalue weighted by Crippen LogP contribution is 2.36. The summed E-state index contributed by atoms with van der Waals surface area (Å²) in [7, 11) is 1.68. The van der Waals surface area contributed by atoms with Crippen molar-refractivity contribution >= 4 is 5.91 Å². The van der Waals surface area contributed by atoms with Gasteiger partial charge in [-0.15, -0.1) is 0 Å². The van der Waals surface area contributed by atoms with Crippen molar-refractivity contribution in [3.8, 4) is 17.0 Å². The number of nitrogens with zero attached hydrogens (tertiary/aromatic N) is 3. The molecule has 32 heavy (non-hydrogen) atoms. The Morgan fingerprint density at radius 2 is 1.78 bits per heavy atom. The highest BCUT2D eigenvalue weighted by atomic mass is 19.1. The molecule has 9 heteroatoms. The van der Waals surface area contributed by atoms with Gasteiger partial charge in [-0.3, -0.25) is 9.48 Å². The number of carbonyl (C=O) groups excluding carboxylic acids is 1. The number of halogens is 4. The molecule has 0 bridgehead atoms. The van der Waals surface area contributed by atoms with Gasteiger partial charge in [-0.2, -0.15) is 5.10 Å². The van der Waals surface area contributed by atoms with Gasteiger partial charge in [0.25, 0.3) is 5.91 Å². The second kappa shape index (κ2) is 8.64. The summed E-state index contributed by atoms with van der Waals surface area (Å²) >= 11 is 0. The molecule has 168 valence electrons. The second-order valence-corrected chi connectivity index (χ2v) is 7.63. The Bertz CT molecular complexity index is 1160. The molecule has 0 fully saturated rings. The summed E-state index contributed by atoms with van der Waals surface area (Å²) in [6.07, 6.45) is 0.410. The quantitative estimate of drug-likeness (QED) is 0.538. The average molecular weight is 446 g/mol. The maximum Gasteiger partial charge on any atom is 0.254 e. The van der Waals surface area contributed by atoms with Gasteiger partial charge in [-0.1, -0.05) is 0 Å². The summed E-state index contributed by atoms with van der Waals surface area (Å²) in [6, 6.07) is 6.41. The van der Waals surface area contributed by atoms with Crippen LogP contribution in [0.25, 0.3) is 11.3 Å². The molecule has 0 aliphatic carbocycles. The zero-order chi connectivity index (χ0) is 23.0. The van der Waals surface area contributed by atoms with E-state index in [9.17, 15) is 22.4 Å². The number of benzene rings is 2. The molecule has 4 rings (SSSR count). The van der Waals surface area contributed by atoms with Crippen molar-refractivity contribution in [3.05, 3.63) is 70.7 Å². The van der Waals surface area contributed by atoms with E-state index in [0.717, 1.165) is 23.8 Å². The molecule has 2 aromatic carbocycles. The Labute approximate surface area is 182 Å². The Balaban J connectivity index is 1.66. The van der Waals surface area contributed by atoms with Crippen molar-refractivity contribution in [1.82, 2.24) is 14.7 Å². The van der Waals surface area contributed by atoms with E-state index in [1.165, 1.54) is 18.2 Å². The van der Waals surface area contributed by atoms with Gasteiger partial charge in [0.2, 0.25) is 0 Å². The maximum atomic E-state index is 14.0. The maximum absolute atomic E-state index is 14.0. The number of fused-ring (bicyclic) bond motifs is 1. The van der Waals surface area contributed by atoms with Crippen LogP contribution >= 0.6 is 0 Å². The van der Waals surface area contributed by atoms with E-state index >= 15 is 0 Å². The van der Waals surface area contributed by atoms with E-state index < -0.39 is 36.1 Å². The number of ether oxygens (including phenoxy) is 1. The number of hydrogen-bond acceptors (Lipinski definition) is 3. The number of carbonyl (C=O) groups is 1. The molecule has 2 heterocycles. The Morgan fingerprint density at radius 3 is 2.47 bits per heavy atom. The largest absolute Gasteiger partial charge is 0.491 e. The van der Waals surface area contributed by atoms with Crippen molar-refractivity contribution in [3.63, 3.8) is 0 Å². The lowest BCUT2D eigenvalue weighted by Crippen LogP contribution is -2.39. The lowest BCUT2D eigenvalue weighted by Gasteiger charge is -2.33. The summed E-state index contributed by atoms with van der Waals surface area (Å²) in [5, 5.41) is 4.51. The molecule has 1 atom stereocenters. The van der Waals surface area contributed by atoms with Gasteiger partial charge >= 0.3 is 0 Å². The Kier molecular flexibility index (Phi) is 5.90. The highest BCUT2D eigenvalue weighted by Gasteiger charge is 2.33. The van der Waals surface area contributed by atoms with Crippen molar-refractivity contribution in [2.24, 2.45) is 7.05 Å². The van der Waals surface area contributed by atoms with Gasteiger partial charge in [-0.05, 0) is 37.6 Å². The third-order valence-corrected chi connectivity index (χ3v) is 5.50. The summed E-state index contributed by atoms with van der Waals surface area (Å²) in [5.41, 5.74) is 2.45. The molecule has 1 aromatic heterocycles. The number of aromatic nitrogens is 2. The van der Waals surface area contributed by atoms with E-state index in [0.29, 0.717) is 29.9 Å². The van der Waals surface area contributed by atoms with Crippen LogP contribution < -0.4 is 4.74 Å². The number of hydrogen-bond donors (Lipinski definition) is 0. The minimum absolute atomic E-state index is 0.0737. The number of alkyl halides is 1. The fourth-order valence-corrected chi connectivity index (χ4v) is 4.17. The van der Waals surface area contributed by atoms with Crippen molar-refractivity contribution in [2.75, 3.05) is 19.8 Å². The van der Waals surface area contributed by atoms with Crippen LogP contribution in [0.1, 0.15) is 34.6 Å². The van der Waals surface area contributed by atoms with Crippen LogP contribution in [0.3, 0.4) is 0 Å². The minimum atomic E-state index is -0.733. The molecular weight excluding hydrogens is 425 g/mol. The lowest BCUT2D eigenvalue weighted by molar-refractivity contribution is 0.0672. The molecule has 0 saturated heterocycles. The molecule has 5 nitrogen and oxygen atoms in total. The van der Waals surface area contributed by atoms with E-state index in [-0.39, 0.29) is 17.9 Å².